The fourth-order valence-corrected chi connectivity index (χ4v) is 4.65. The molecule has 0 radical (unpaired) electrons. The minimum Gasteiger partial charge on any atom is -0.298 e. The molecule has 1 aliphatic heterocycles. The SMILES string of the molecule is CC(C)c1cnc(CN2C(=O)c3ccccc3C2=O)n1-c1cccc(F)c1C(=O)c1ccccc1Cl. The number of nitrogens with zero attached hydrogens (tertiary/aromatic N) is 3. The van der Waals surface area contributed by atoms with Crippen LogP contribution in [0.2, 0.25) is 5.02 Å². The molecule has 4 aromatic rings. The van der Waals surface area contributed by atoms with E-state index in [-0.39, 0.29) is 34.3 Å². The molecule has 1 aliphatic rings. The van der Waals surface area contributed by atoms with Crippen molar-refractivity contribution in [2.75, 3.05) is 0 Å². The zero-order valence-electron chi connectivity index (χ0n) is 19.5. The van der Waals surface area contributed by atoms with Crippen LogP contribution in [0.1, 0.15) is 67.9 Å². The monoisotopic (exact) mass is 501 g/mol. The predicted molar refractivity (Wildman–Crippen MR) is 133 cm³/mol. The number of imide groups is 1. The number of hydrogen-bond donors (Lipinski definition) is 0. The van der Waals surface area contributed by atoms with Crippen LogP contribution in [0.3, 0.4) is 0 Å². The van der Waals surface area contributed by atoms with Gasteiger partial charge in [0.15, 0.2) is 5.78 Å². The van der Waals surface area contributed by atoms with Gasteiger partial charge in [-0.1, -0.05) is 55.8 Å². The summed E-state index contributed by atoms with van der Waals surface area (Å²) >= 11 is 6.26. The standard InChI is InChI=1S/C28H21ClFN3O3/c1-16(2)23-14-31-24(15-32-27(35)17-8-3-4-9-18(17)28(32)36)33(23)22-13-7-12-21(30)25(22)26(34)19-10-5-6-11-20(19)29/h3-14,16H,15H2,1-2H3. The van der Waals surface area contributed by atoms with E-state index in [0.717, 1.165) is 4.90 Å². The van der Waals surface area contributed by atoms with Crippen molar-refractivity contribution in [1.82, 2.24) is 14.5 Å². The number of carbonyl (C=O) groups excluding carboxylic acids is 3. The van der Waals surface area contributed by atoms with Crippen molar-refractivity contribution in [3.8, 4) is 5.69 Å². The number of amides is 2. The Hall–Kier alpha value is -4.10. The quantitative estimate of drug-likeness (QED) is 0.247. The molecule has 36 heavy (non-hydrogen) atoms. The lowest BCUT2D eigenvalue weighted by atomic mass is 10.00. The fraction of sp³-hybridized carbons (Fsp3) is 0.143. The van der Waals surface area contributed by atoms with Crippen LogP contribution in [0.4, 0.5) is 4.39 Å². The van der Waals surface area contributed by atoms with Crippen LogP contribution in [-0.2, 0) is 6.54 Å². The van der Waals surface area contributed by atoms with E-state index in [9.17, 15) is 14.4 Å². The molecule has 0 atom stereocenters. The van der Waals surface area contributed by atoms with Crippen molar-refractivity contribution in [3.05, 3.63) is 118 Å². The molecule has 0 saturated carbocycles. The fourth-order valence-electron chi connectivity index (χ4n) is 4.43. The topological polar surface area (TPSA) is 72.3 Å². The van der Waals surface area contributed by atoms with Gasteiger partial charge in [-0.3, -0.25) is 23.9 Å². The van der Waals surface area contributed by atoms with Gasteiger partial charge >= 0.3 is 0 Å². The molecule has 0 bridgehead atoms. The lowest BCUT2D eigenvalue weighted by Gasteiger charge is -2.20. The summed E-state index contributed by atoms with van der Waals surface area (Å²) in [7, 11) is 0. The molecule has 5 rings (SSSR count). The van der Waals surface area contributed by atoms with Crippen LogP contribution in [0.5, 0.6) is 0 Å². The first-order valence-corrected chi connectivity index (χ1v) is 11.8. The highest BCUT2D eigenvalue weighted by molar-refractivity contribution is 6.35. The van der Waals surface area contributed by atoms with Crippen LogP contribution >= 0.6 is 11.6 Å². The third-order valence-corrected chi connectivity index (χ3v) is 6.54. The second-order valence-electron chi connectivity index (χ2n) is 8.77. The van der Waals surface area contributed by atoms with E-state index in [0.29, 0.717) is 22.6 Å². The van der Waals surface area contributed by atoms with Gasteiger partial charge in [-0.15, -0.1) is 0 Å². The number of fused-ring (bicyclic) bond motifs is 1. The summed E-state index contributed by atoms with van der Waals surface area (Å²) in [6.07, 6.45) is 1.62. The average molecular weight is 502 g/mol. The number of rotatable bonds is 6. The Morgan fingerprint density at radius 3 is 2.22 bits per heavy atom. The molecule has 180 valence electrons. The van der Waals surface area contributed by atoms with Crippen LogP contribution < -0.4 is 0 Å². The second kappa shape index (κ2) is 9.17. The van der Waals surface area contributed by atoms with E-state index >= 15 is 4.39 Å². The van der Waals surface area contributed by atoms with Gasteiger partial charge in [0.25, 0.3) is 11.8 Å². The Bertz CT molecular complexity index is 1510. The number of aromatic nitrogens is 2. The van der Waals surface area contributed by atoms with Crippen LogP contribution in [0.25, 0.3) is 5.69 Å². The molecule has 0 N–H and O–H groups in total. The highest BCUT2D eigenvalue weighted by Crippen LogP contribution is 2.31. The maximum Gasteiger partial charge on any atom is 0.261 e. The summed E-state index contributed by atoms with van der Waals surface area (Å²) in [6.45, 7) is 3.73. The Morgan fingerprint density at radius 1 is 0.944 bits per heavy atom. The molecule has 0 spiro atoms. The highest BCUT2D eigenvalue weighted by Gasteiger charge is 2.36. The lowest BCUT2D eigenvalue weighted by molar-refractivity contribution is 0.0637. The van der Waals surface area contributed by atoms with Crippen LogP contribution in [0, 0.1) is 5.82 Å². The first-order valence-electron chi connectivity index (χ1n) is 11.4. The molecule has 0 aliphatic carbocycles. The smallest absolute Gasteiger partial charge is 0.261 e. The maximum atomic E-state index is 15.3. The molecule has 3 aromatic carbocycles. The minimum absolute atomic E-state index is 0.0556. The summed E-state index contributed by atoms with van der Waals surface area (Å²) in [4.78, 5) is 45.1. The Kier molecular flexibility index (Phi) is 6.02. The van der Waals surface area contributed by atoms with E-state index in [1.54, 1.807) is 59.3 Å². The van der Waals surface area contributed by atoms with Gasteiger partial charge in [-0.05, 0) is 42.3 Å². The molecule has 2 amide bonds. The first kappa shape index (κ1) is 23.6. The van der Waals surface area contributed by atoms with Gasteiger partial charge in [-0.25, -0.2) is 9.37 Å². The minimum atomic E-state index is -0.715. The number of ketones is 1. The highest BCUT2D eigenvalue weighted by atomic mass is 35.5. The van der Waals surface area contributed by atoms with Gasteiger partial charge in [0, 0.05) is 17.5 Å². The molecule has 0 unspecified atom stereocenters. The zero-order valence-corrected chi connectivity index (χ0v) is 20.3. The zero-order chi connectivity index (χ0) is 25.6. The van der Waals surface area contributed by atoms with E-state index in [2.05, 4.69) is 4.98 Å². The van der Waals surface area contributed by atoms with Gasteiger partial charge in [0.2, 0.25) is 0 Å². The third kappa shape index (κ3) is 3.82. The summed E-state index contributed by atoms with van der Waals surface area (Å²) in [5.74, 6) is -1.88. The molecular formula is C28H21ClFN3O3. The van der Waals surface area contributed by atoms with E-state index < -0.39 is 23.4 Å². The Labute approximate surface area is 212 Å². The van der Waals surface area contributed by atoms with Crippen molar-refractivity contribution in [2.24, 2.45) is 0 Å². The molecule has 2 heterocycles. The van der Waals surface area contributed by atoms with Crippen LogP contribution in [0.15, 0.2) is 72.9 Å². The molecular weight excluding hydrogens is 481 g/mol. The van der Waals surface area contributed by atoms with Crippen molar-refractivity contribution < 1.29 is 18.8 Å². The number of hydrogen-bond acceptors (Lipinski definition) is 4. The Morgan fingerprint density at radius 2 is 1.58 bits per heavy atom. The summed E-state index contributed by atoms with van der Waals surface area (Å²) < 4.78 is 16.9. The number of halogens is 2. The van der Waals surface area contributed by atoms with E-state index in [1.807, 2.05) is 13.8 Å². The van der Waals surface area contributed by atoms with Crippen molar-refractivity contribution in [1.29, 1.82) is 0 Å². The first-order chi connectivity index (χ1) is 17.3. The van der Waals surface area contributed by atoms with Crippen LogP contribution in [-0.4, -0.2) is 32.0 Å². The largest absolute Gasteiger partial charge is 0.298 e. The normalized spacial score (nSPS) is 13.0. The molecule has 0 fully saturated rings. The van der Waals surface area contributed by atoms with E-state index in [4.69, 9.17) is 11.6 Å². The van der Waals surface area contributed by atoms with Crippen molar-refractivity contribution in [2.45, 2.75) is 26.3 Å². The molecule has 0 saturated heterocycles. The summed E-state index contributed by atoms with van der Waals surface area (Å²) in [5.41, 5.74) is 1.59. The van der Waals surface area contributed by atoms with Gasteiger partial charge in [0.05, 0.1) is 33.9 Å². The number of carbonyl (C=O) groups is 3. The molecule has 8 heteroatoms. The molecule has 1 aromatic heterocycles. The predicted octanol–water partition coefficient (Wildman–Crippen LogP) is 5.82. The van der Waals surface area contributed by atoms with Crippen molar-refractivity contribution in [3.63, 3.8) is 0 Å². The van der Waals surface area contributed by atoms with Gasteiger partial charge < -0.3 is 0 Å². The lowest BCUT2D eigenvalue weighted by Crippen LogP contribution is -2.30. The van der Waals surface area contributed by atoms with Crippen molar-refractivity contribution >= 4 is 29.2 Å². The summed E-state index contributed by atoms with van der Waals surface area (Å²) in [6, 6.07) is 17.4. The summed E-state index contributed by atoms with van der Waals surface area (Å²) in [5, 5.41) is 0.206. The maximum absolute atomic E-state index is 15.3. The Balaban J connectivity index is 1.64. The number of benzene rings is 3. The average Bonchev–Trinajstić information content (AvgIpc) is 3.39. The molecule has 6 nitrogen and oxygen atoms in total. The van der Waals surface area contributed by atoms with Gasteiger partial charge in [0.1, 0.15) is 11.6 Å². The second-order valence-corrected chi connectivity index (χ2v) is 9.18. The van der Waals surface area contributed by atoms with Gasteiger partial charge in [-0.2, -0.15) is 0 Å². The number of imidazole rings is 1. The third-order valence-electron chi connectivity index (χ3n) is 6.21. The van der Waals surface area contributed by atoms with E-state index in [1.165, 1.54) is 18.2 Å².